The van der Waals surface area contributed by atoms with E-state index >= 15 is 0 Å². The van der Waals surface area contributed by atoms with Gasteiger partial charge in [0.2, 0.25) is 6.79 Å². The van der Waals surface area contributed by atoms with Crippen LogP contribution in [0, 0.1) is 6.92 Å². The van der Waals surface area contributed by atoms with Gasteiger partial charge in [-0.1, -0.05) is 35.4 Å². The van der Waals surface area contributed by atoms with Crippen LogP contribution in [-0.2, 0) is 6.54 Å². The van der Waals surface area contributed by atoms with Crippen molar-refractivity contribution in [2.45, 2.75) is 13.5 Å². The molecule has 4 rings (SSSR count). The van der Waals surface area contributed by atoms with Crippen molar-refractivity contribution < 1.29 is 9.47 Å². The molecule has 0 atom stereocenters. The van der Waals surface area contributed by atoms with E-state index in [-0.39, 0.29) is 6.79 Å². The number of aryl methyl sites for hydroxylation is 1. The Kier molecular flexibility index (Phi) is 3.42. The number of hydrogen-bond acceptors (Lipinski definition) is 5. The Morgan fingerprint density at radius 1 is 1.04 bits per heavy atom. The average molecular weight is 328 g/mol. The molecule has 0 amide bonds. The summed E-state index contributed by atoms with van der Waals surface area (Å²) in [4.78, 5) is 0. The molecule has 5 nitrogen and oxygen atoms in total. The molecule has 3 aromatic rings. The second-order valence-electron chi connectivity index (χ2n) is 5.43. The van der Waals surface area contributed by atoms with Gasteiger partial charge >= 0.3 is 0 Å². The third-order valence-electron chi connectivity index (χ3n) is 3.79. The number of nitrogens with zero attached hydrogens (tertiary/aromatic N) is 2. The zero-order valence-electron chi connectivity index (χ0n) is 12.5. The Morgan fingerprint density at radius 2 is 1.91 bits per heavy atom. The molecule has 0 spiro atoms. The largest absolute Gasteiger partial charge is 0.454 e. The van der Waals surface area contributed by atoms with Crippen LogP contribution in [0.5, 0.6) is 11.5 Å². The van der Waals surface area contributed by atoms with Crippen LogP contribution < -0.4 is 14.8 Å². The SMILES string of the molecule is Cc1ccc2c(Cl)nnc(NCc3ccc4c(c3)OCO4)c2c1. The number of halogens is 1. The number of nitrogens with one attached hydrogen (secondary N) is 1. The fourth-order valence-electron chi connectivity index (χ4n) is 2.60. The summed E-state index contributed by atoms with van der Waals surface area (Å²) in [5.74, 6) is 2.26. The molecule has 0 radical (unpaired) electrons. The lowest BCUT2D eigenvalue weighted by Gasteiger charge is -2.10. The first-order valence-corrected chi connectivity index (χ1v) is 7.63. The monoisotopic (exact) mass is 327 g/mol. The Morgan fingerprint density at radius 3 is 2.83 bits per heavy atom. The summed E-state index contributed by atoms with van der Waals surface area (Å²) in [7, 11) is 0. The lowest BCUT2D eigenvalue weighted by Crippen LogP contribution is -2.03. The molecule has 1 N–H and O–H groups in total. The van der Waals surface area contributed by atoms with Crippen molar-refractivity contribution in [3.63, 3.8) is 0 Å². The van der Waals surface area contributed by atoms with Crippen molar-refractivity contribution in [2.75, 3.05) is 12.1 Å². The summed E-state index contributed by atoms with van der Waals surface area (Å²) in [6, 6.07) is 11.9. The molecule has 0 unspecified atom stereocenters. The zero-order chi connectivity index (χ0) is 15.8. The summed E-state index contributed by atoms with van der Waals surface area (Å²) >= 11 is 6.13. The maximum Gasteiger partial charge on any atom is 0.231 e. The van der Waals surface area contributed by atoms with Crippen LogP contribution in [0.2, 0.25) is 5.15 Å². The van der Waals surface area contributed by atoms with Gasteiger partial charge < -0.3 is 14.8 Å². The fourth-order valence-corrected chi connectivity index (χ4v) is 2.81. The van der Waals surface area contributed by atoms with E-state index in [2.05, 4.69) is 21.6 Å². The van der Waals surface area contributed by atoms with Gasteiger partial charge in [0.1, 0.15) is 0 Å². The van der Waals surface area contributed by atoms with E-state index in [9.17, 15) is 0 Å². The molecule has 0 fully saturated rings. The van der Waals surface area contributed by atoms with E-state index < -0.39 is 0 Å². The minimum absolute atomic E-state index is 0.277. The Labute approximate surface area is 138 Å². The number of ether oxygens (including phenoxy) is 2. The van der Waals surface area contributed by atoms with Gasteiger partial charge in [0.05, 0.1) is 0 Å². The fraction of sp³-hybridized carbons (Fsp3) is 0.176. The lowest BCUT2D eigenvalue weighted by molar-refractivity contribution is 0.174. The minimum Gasteiger partial charge on any atom is -0.454 e. The van der Waals surface area contributed by atoms with Crippen molar-refractivity contribution in [1.29, 1.82) is 0 Å². The number of hydrogen-bond donors (Lipinski definition) is 1. The van der Waals surface area contributed by atoms with Gasteiger partial charge in [0.15, 0.2) is 22.5 Å². The molecule has 116 valence electrons. The summed E-state index contributed by atoms with van der Waals surface area (Å²) in [5.41, 5.74) is 2.22. The highest BCUT2D eigenvalue weighted by molar-refractivity contribution is 6.34. The second-order valence-corrected chi connectivity index (χ2v) is 5.79. The molecule has 1 aliphatic rings. The molecule has 1 aromatic heterocycles. The zero-order valence-corrected chi connectivity index (χ0v) is 13.2. The molecular formula is C17H14ClN3O2. The topological polar surface area (TPSA) is 56.3 Å². The van der Waals surface area contributed by atoms with Gasteiger partial charge in [0, 0.05) is 17.3 Å². The lowest BCUT2D eigenvalue weighted by atomic mass is 10.1. The number of aromatic nitrogens is 2. The number of benzene rings is 2. The van der Waals surface area contributed by atoms with Crippen LogP contribution in [0.3, 0.4) is 0 Å². The van der Waals surface area contributed by atoms with Crippen molar-refractivity contribution >= 4 is 28.2 Å². The third kappa shape index (κ3) is 2.64. The van der Waals surface area contributed by atoms with Crippen molar-refractivity contribution in [3.8, 4) is 11.5 Å². The van der Waals surface area contributed by atoms with Crippen LogP contribution in [0.1, 0.15) is 11.1 Å². The van der Waals surface area contributed by atoms with Gasteiger partial charge in [-0.2, -0.15) is 0 Å². The van der Waals surface area contributed by atoms with Crippen molar-refractivity contribution in [1.82, 2.24) is 10.2 Å². The highest BCUT2D eigenvalue weighted by atomic mass is 35.5. The first-order chi connectivity index (χ1) is 11.2. The molecule has 6 heteroatoms. The third-order valence-corrected chi connectivity index (χ3v) is 4.07. The van der Waals surface area contributed by atoms with E-state index in [1.165, 1.54) is 0 Å². The number of rotatable bonds is 3. The molecule has 0 aliphatic carbocycles. The average Bonchev–Trinajstić information content (AvgIpc) is 3.02. The standard InChI is InChI=1S/C17H14ClN3O2/c1-10-2-4-12-13(6-10)17(21-20-16(12)18)19-8-11-3-5-14-15(7-11)23-9-22-14/h2-7H,8-9H2,1H3,(H,19,21). The maximum absolute atomic E-state index is 6.13. The predicted octanol–water partition coefficient (Wildman–Crippen LogP) is 3.93. The van der Waals surface area contributed by atoms with Crippen molar-refractivity contribution in [2.24, 2.45) is 0 Å². The van der Waals surface area contributed by atoms with Gasteiger partial charge in [0.25, 0.3) is 0 Å². The molecule has 0 saturated carbocycles. The van der Waals surface area contributed by atoms with E-state index in [4.69, 9.17) is 21.1 Å². The first-order valence-electron chi connectivity index (χ1n) is 7.25. The minimum atomic E-state index is 0.277. The molecular weight excluding hydrogens is 314 g/mol. The van der Waals surface area contributed by atoms with Crippen LogP contribution in [-0.4, -0.2) is 17.0 Å². The van der Waals surface area contributed by atoms with E-state index in [0.29, 0.717) is 17.5 Å². The quantitative estimate of drug-likeness (QED) is 0.789. The van der Waals surface area contributed by atoms with E-state index in [1.807, 2.05) is 37.3 Å². The summed E-state index contributed by atoms with van der Waals surface area (Å²) in [6.45, 7) is 2.92. The normalized spacial score (nSPS) is 12.6. The van der Waals surface area contributed by atoms with Gasteiger partial charge in [-0.15, -0.1) is 10.2 Å². The summed E-state index contributed by atoms with van der Waals surface area (Å²) in [5, 5.41) is 13.8. The smallest absolute Gasteiger partial charge is 0.231 e. The van der Waals surface area contributed by atoms with Gasteiger partial charge in [-0.05, 0) is 30.7 Å². The molecule has 0 saturated heterocycles. The molecule has 2 heterocycles. The predicted molar refractivity (Wildman–Crippen MR) is 89.2 cm³/mol. The van der Waals surface area contributed by atoms with Crippen LogP contribution in [0.15, 0.2) is 36.4 Å². The second kappa shape index (κ2) is 5.59. The van der Waals surface area contributed by atoms with E-state index in [1.54, 1.807) is 0 Å². The van der Waals surface area contributed by atoms with Crippen LogP contribution >= 0.6 is 11.6 Å². The van der Waals surface area contributed by atoms with E-state index in [0.717, 1.165) is 33.4 Å². The van der Waals surface area contributed by atoms with Crippen molar-refractivity contribution in [3.05, 3.63) is 52.7 Å². The Bertz CT molecular complexity index is 898. The summed E-state index contributed by atoms with van der Waals surface area (Å²) < 4.78 is 10.7. The number of anilines is 1. The highest BCUT2D eigenvalue weighted by Crippen LogP contribution is 2.33. The van der Waals surface area contributed by atoms with Crippen LogP contribution in [0.4, 0.5) is 5.82 Å². The Hall–Kier alpha value is -2.53. The van der Waals surface area contributed by atoms with Crippen LogP contribution in [0.25, 0.3) is 10.8 Å². The first kappa shape index (κ1) is 14.1. The Balaban J connectivity index is 1.63. The summed E-state index contributed by atoms with van der Waals surface area (Å²) in [6.07, 6.45) is 0. The highest BCUT2D eigenvalue weighted by Gasteiger charge is 2.13. The maximum atomic E-state index is 6.13. The molecule has 0 bridgehead atoms. The van der Waals surface area contributed by atoms with Gasteiger partial charge in [-0.3, -0.25) is 0 Å². The molecule has 1 aliphatic heterocycles. The van der Waals surface area contributed by atoms with Gasteiger partial charge in [-0.25, -0.2) is 0 Å². The number of fused-ring (bicyclic) bond motifs is 2. The molecule has 23 heavy (non-hydrogen) atoms. The molecule has 2 aromatic carbocycles.